The Morgan fingerprint density at radius 3 is 2.42 bits per heavy atom. The first kappa shape index (κ1) is 14.8. The summed E-state index contributed by atoms with van der Waals surface area (Å²) < 4.78 is 5.35. The molecule has 5 nitrogen and oxygen atoms in total. The molecule has 2 atom stereocenters. The van der Waals surface area contributed by atoms with E-state index in [-0.39, 0.29) is 11.9 Å². The minimum atomic E-state index is -0.0749. The van der Waals surface area contributed by atoms with Crippen LogP contribution in [0.1, 0.15) is 26.7 Å². The molecule has 0 radical (unpaired) electrons. The molecule has 0 spiro atoms. The number of nitrogens with one attached hydrogen (secondary N) is 1. The Kier molecular flexibility index (Phi) is 5.60. The van der Waals surface area contributed by atoms with E-state index in [0.717, 1.165) is 58.8 Å². The fourth-order valence-electron chi connectivity index (χ4n) is 2.93. The molecule has 2 rings (SSSR count). The van der Waals surface area contributed by atoms with Crippen molar-refractivity contribution in [2.45, 2.75) is 38.8 Å². The zero-order valence-corrected chi connectivity index (χ0v) is 12.2. The average Bonchev–Trinajstić information content (AvgIpc) is 2.92. The lowest BCUT2D eigenvalue weighted by molar-refractivity contribution is -0.132. The maximum Gasteiger partial charge on any atom is 0.239 e. The van der Waals surface area contributed by atoms with E-state index in [1.807, 2.05) is 11.8 Å². The van der Waals surface area contributed by atoms with Gasteiger partial charge in [0, 0.05) is 38.8 Å². The van der Waals surface area contributed by atoms with Gasteiger partial charge in [0.2, 0.25) is 5.91 Å². The van der Waals surface area contributed by atoms with Crippen molar-refractivity contribution in [3.8, 4) is 0 Å². The second-order valence-corrected chi connectivity index (χ2v) is 5.73. The van der Waals surface area contributed by atoms with Crippen molar-refractivity contribution < 1.29 is 9.53 Å². The van der Waals surface area contributed by atoms with Crippen molar-refractivity contribution in [1.82, 2.24) is 15.1 Å². The molecule has 0 aromatic carbocycles. The molecule has 0 aromatic heterocycles. The van der Waals surface area contributed by atoms with Crippen molar-refractivity contribution in [2.75, 3.05) is 45.9 Å². The van der Waals surface area contributed by atoms with Gasteiger partial charge in [-0.05, 0) is 26.7 Å². The van der Waals surface area contributed by atoms with Gasteiger partial charge in [-0.2, -0.15) is 0 Å². The van der Waals surface area contributed by atoms with E-state index in [1.165, 1.54) is 0 Å². The van der Waals surface area contributed by atoms with E-state index in [1.54, 1.807) is 0 Å². The summed E-state index contributed by atoms with van der Waals surface area (Å²) in [7, 11) is 0. The zero-order valence-electron chi connectivity index (χ0n) is 12.2. The molecular weight excluding hydrogens is 242 g/mol. The van der Waals surface area contributed by atoms with Crippen LogP contribution in [0.25, 0.3) is 0 Å². The third-order valence-corrected chi connectivity index (χ3v) is 3.96. The minimum absolute atomic E-state index is 0.0749. The fourth-order valence-corrected chi connectivity index (χ4v) is 2.93. The van der Waals surface area contributed by atoms with Crippen LogP contribution in [0.5, 0.6) is 0 Å². The maximum atomic E-state index is 12.2. The first-order valence-electron chi connectivity index (χ1n) is 7.52. The van der Waals surface area contributed by atoms with Crippen LogP contribution < -0.4 is 5.32 Å². The summed E-state index contributed by atoms with van der Waals surface area (Å²) in [5.74, 6) is 0.256. The first-order valence-corrected chi connectivity index (χ1v) is 7.52. The van der Waals surface area contributed by atoms with Crippen LogP contribution >= 0.6 is 0 Å². The number of rotatable bonds is 5. The SMILES string of the molecule is CC(CN1CCOCC1)NC(C)C(=O)N1CCCC1. The number of morpholine rings is 1. The molecule has 2 heterocycles. The van der Waals surface area contributed by atoms with Crippen molar-refractivity contribution >= 4 is 5.91 Å². The molecule has 0 saturated carbocycles. The molecule has 2 saturated heterocycles. The lowest BCUT2D eigenvalue weighted by Gasteiger charge is -2.31. The van der Waals surface area contributed by atoms with Gasteiger partial charge < -0.3 is 15.0 Å². The quantitative estimate of drug-likeness (QED) is 0.780. The van der Waals surface area contributed by atoms with E-state index in [9.17, 15) is 4.79 Å². The van der Waals surface area contributed by atoms with E-state index < -0.39 is 0 Å². The molecule has 1 N–H and O–H groups in total. The molecular formula is C14H27N3O2. The molecule has 5 heteroatoms. The highest BCUT2D eigenvalue weighted by molar-refractivity contribution is 5.81. The second kappa shape index (κ2) is 7.22. The first-order chi connectivity index (χ1) is 9.16. The van der Waals surface area contributed by atoms with Crippen molar-refractivity contribution in [3.63, 3.8) is 0 Å². The normalized spacial score (nSPS) is 24.4. The molecule has 0 bridgehead atoms. The van der Waals surface area contributed by atoms with Crippen molar-refractivity contribution in [3.05, 3.63) is 0 Å². The number of hydrogen-bond donors (Lipinski definition) is 1. The third kappa shape index (κ3) is 4.44. The molecule has 2 unspecified atom stereocenters. The highest BCUT2D eigenvalue weighted by Crippen LogP contribution is 2.09. The number of nitrogens with zero attached hydrogens (tertiary/aromatic N) is 2. The zero-order chi connectivity index (χ0) is 13.7. The molecule has 2 aliphatic rings. The van der Waals surface area contributed by atoms with Gasteiger partial charge in [-0.1, -0.05) is 0 Å². The summed E-state index contributed by atoms with van der Waals surface area (Å²) in [4.78, 5) is 16.6. The van der Waals surface area contributed by atoms with Crippen LogP contribution in [0.4, 0.5) is 0 Å². The highest BCUT2D eigenvalue weighted by atomic mass is 16.5. The van der Waals surface area contributed by atoms with Gasteiger partial charge in [0.05, 0.1) is 19.3 Å². The minimum Gasteiger partial charge on any atom is -0.379 e. The van der Waals surface area contributed by atoms with Crippen LogP contribution in [0.3, 0.4) is 0 Å². The largest absolute Gasteiger partial charge is 0.379 e. The van der Waals surface area contributed by atoms with Gasteiger partial charge in [-0.3, -0.25) is 9.69 Å². The number of amides is 1. The van der Waals surface area contributed by atoms with Crippen molar-refractivity contribution in [1.29, 1.82) is 0 Å². The number of carbonyl (C=O) groups excluding carboxylic acids is 1. The lowest BCUT2D eigenvalue weighted by Crippen LogP contribution is -2.51. The van der Waals surface area contributed by atoms with Gasteiger partial charge in [-0.25, -0.2) is 0 Å². The molecule has 2 fully saturated rings. The molecule has 2 aliphatic heterocycles. The summed E-state index contributed by atoms with van der Waals surface area (Å²) in [6.45, 7) is 10.6. The van der Waals surface area contributed by atoms with Crippen LogP contribution in [0, 0.1) is 0 Å². The molecule has 0 aromatic rings. The number of likely N-dealkylation sites (tertiary alicyclic amines) is 1. The van der Waals surface area contributed by atoms with Gasteiger partial charge >= 0.3 is 0 Å². The van der Waals surface area contributed by atoms with Gasteiger partial charge in [0.15, 0.2) is 0 Å². The lowest BCUT2D eigenvalue weighted by atomic mass is 10.2. The Morgan fingerprint density at radius 1 is 1.16 bits per heavy atom. The van der Waals surface area contributed by atoms with Crippen LogP contribution in [0.2, 0.25) is 0 Å². The summed E-state index contributed by atoms with van der Waals surface area (Å²) >= 11 is 0. The van der Waals surface area contributed by atoms with Gasteiger partial charge in [0.1, 0.15) is 0 Å². The summed E-state index contributed by atoms with van der Waals surface area (Å²) in [6.07, 6.45) is 2.31. The standard InChI is InChI=1S/C14H27N3O2/c1-12(11-16-7-9-19-10-8-16)15-13(2)14(18)17-5-3-4-6-17/h12-13,15H,3-11H2,1-2H3. The average molecular weight is 269 g/mol. The molecule has 19 heavy (non-hydrogen) atoms. The van der Waals surface area contributed by atoms with Gasteiger partial charge in [-0.15, -0.1) is 0 Å². The highest BCUT2D eigenvalue weighted by Gasteiger charge is 2.24. The number of hydrogen-bond acceptors (Lipinski definition) is 4. The third-order valence-electron chi connectivity index (χ3n) is 3.96. The monoisotopic (exact) mass is 269 g/mol. The van der Waals surface area contributed by atoms with E-state index >= 15 is 0 Å². The Morgan fingerprint density at radius 2 is 1.79 bits per heavy atom. The Hall–Kier alpha value is -0.650. The predicted octanol–water partition coefficient (Wildman–Crippen LogP) is 0.308. The van der Waals surface area contributed by atoms with E-state index in [0.29, 0.717) is 6.04 Å². The summed E-state index contributed by atoms with van der Waals surface area (Å²) in [5.41, 5.74) is 0. The Balaban J connectivity index is 1.70. The Labute approximate surface area is 116 Å². The second-order valence-electron chi connectivity index (χ2n) is 5.73. The topological polar surface area (TPSA) is 44.8 Å². The van der Waals surface area contributed by atoms with E-state index in [4.69, 9.17) is 4.74 Å². The summed E-state index contributed by atoms with van der Waals surface area (Å²) in [6, 6.07) is 0.258. The van der Waals surface area contributed by atoms with Crippen LogP contribution in [0.15, 0.2) is 0 Å². The van der Waals surface area contributed by atoms with Crippen LogP contribution in [-0.2, 0) is 9.53 Å². The van der Waals surface area contributed by atoms with Gasteiger partial charge in [0.25, 0.3) is 0 Å². The maximum absolute atomic E-state index is 12.2. The smallest absolute Gasteiger partial charge is 0.239 e. The number of carbonyl (C=O) groups is 1. The summed E-state index contributed by atoms with van der Waals surface area (Å²) in [5, 5.41) is 3.43. The molecule has 0 aliphatic carbocycles. The Bertz CT molecular complexity index is 286. The number of ether oxygens (including phenoxy) is 1. The van der Waals surface area contributed by atoms with Crippen LogP contribution in [-0.4, -0.2) is 73.7 Å². The van der Waals surface area contributed by atoms with E-state index in [2.05, 4.69) is 17.1 Å². The molecule has 1 amide bonds. The molecule has 110 valence electrons. The van der Waals surface area contributed by atoms with Crippen molar-refractivity contribution in [2.24, 2.45) is 0 Å². The predicted molar refractivity (Wildman–Crippen MR) is 75.1 cm³/mol. The fraction of sp³-hybridized carbons (Fsp3) is 0.929.